The van der Waals surface area contributed by atoms with E-state index >= 15 is 0 Å². The summed E-state index contributed by atoms with van der Waals surface area (Å²) >= 11 is 0. The predicted molar refractivity (Wildman–Crippen MR) is 78.5 cm³/mol. The molecule has 3 N–H and O–H groups in total. The van der Waals surface area contributed by atoms with E-state index in [2.05, 4.69) is 15.0 Å². The Morgan fingerprint density at radius 3 is 2.71 bits per heavy atom. The highest BCUT2D eigenvalue weighted by Gasteiger charge is 2.16. The molecule has 0 aliphatic heterocycles. The Hall–Kier alpha value is -2.25. The van der Waals surface area contributed by atoms with Crippen LogP contribution >= 0.6 is 12.4 Å². The minimum Gasteiger partial charge on any atom is -0.506 e. The Kier molecular flexibility index (Phi) is 5.57. The van der Waals surface area contributed by atoms with Gasteiger partial charge in [-0.1, -0.05) is 0 Å². The van der Waals surface area contributed by atoms with Gasteiger partial charge in [0.05, 0.1) is 19.2 Å². The number of hydrogen-bond acceptors (Lipinski definition) is 6. The highest BCUT2D eigenvalue weighted by Crippen LogP contribution is 2.31. The van der Waals surface area contributed by atoms with Gasteiger partial charge in [0, 0.05) is 17.0 Å². The number of fused-ring (bicyclic) bond motifs is 1. The zero-order valence-electron chi connectivity index (χ0n) is 11.4. The summed E-state index contributed by atoms with van der Waals surface area (Å²) in [5.41, 5.74) is 0.744. The topological polar surface area (TPSA) is 101 Å². The second-order valence-electron chi connectivity index (χ2n) is 4.06. The molecule has 21 heavy (non-hydrogen) atoms. The SMILES string of the molecule is CNCC(=O)c1ccc(O)c2[nH]c(OC(=O)OC)cc12.Cl. The van der Waals surface area contributed by atoms with Gasteiger partial charge >= 0.3 is 6.16 Å². The number of aromatic amines is 1. The van der Waals surface area contributed by atoms with Gasteiger partial charge in [0.25, 0.3) is 0 Å². The molecule has 0 spiro atoms. The van der Waals surface area contributed by atoms with Crippen LogP contribution in [0, 0.1) is 0 Å². The van der Waals surface area contributed by atoms with Crippen LogP contribution in [0.1, 0.15) is 10.4 Å². The third-order valence-corrected chi connectivity index (χ3v) is 2.74. The van der Waals surface area contributed by atoms with E-state index in [1.807, 2.05) is 0 Å². The normalized spacial score (nSPS) is 10.0. The molecule has 0 unspecified atom stereocenters. The molecule has 0 amide bonds. The van der Waals surface area contributed by atoms with Crippen LogP contribution in [0.2, 0.25) is 0 Å². The summed E-state index contributed by atoms with van der Waals surface area (Å²) in [6.45, 7) is 0.165. The van der Waals surface area contributed by atoms with E-state index < -0.39 is 6.16 Å². The molecule has 0 atom stereocenters. The lowest BCUT2D eigenvalue weighted by Crippen LogP contribution is -2.18. The lowest BCUT2D eigenvalue weighted by molar-refractivity contribution is 0.0995. The number of ether oxygens (including phenoxy) is 2. The number of H-pyrrole nitrogens is 1. The average Bonchev–Trinajstić information content (AvgIpc) is 2.83. The number of carbonyl (C=O) groups excluding carboxylic acids is 2. The van der Waals surface area contributed by atoms with E-state index in [-0.39, 0.29) is 36.4 Å². The average molecular weight is 315 g/mol. The van der Waals surface area contributed by atoms with Crippen LogP contribution in [0.4, 0.5) is 4.79 Å². The summed E-state index contributed by atoms with van der Waals surface area (Å²) in [5, 5.41) is 13.0. The first-order valence-corrected chi connectivity index (χ1v) is 5.85. The van der Waals surface area contributed by atoms with Crippen LogP contribution in [-0.4, -0.2) is 42.7 Å². The van der Waals surface area contributed by atoms with E-state index in [1.165, 1.54) is 25.3 Å². The van der Waals surface area contributed by atoms with Crippen LogP contribution in [0.5, 0.6) is 11.6 Å². The quantitative estimate of drug-likeness (QED) is 0.588. The van der Waals surface area contributed by atoms with Crippen LogP contribution in [0.25, 0.3) is 10.9 Å². The number of aromatic hydroxyl groups is 1. The molecule has 7 nitrogen and oxygen atoms in total. The number of Topliss-reactive ketones (excluding diaryl/α,β-unsaturated/α-hetero) is 1. The fraction of sp³-hybridized carbons (Fsp3) is 0.231. The summed E-state index contributed by atoms with van der Waals surface area (Å²) in [7, 11) is 2.85. The highest BCUT2D eigenvalue weighted by atomic mass is 35.5. The van der Waals surface area contributed by atoms with Crippen molar-refractivity contribution < 1.29 is 24.2 Å². The molecule has 0 aliphatic carbocycles. The monoisotopic (exact) mass is 314 g/mol. The number of phenolic OH excluding ortho intramolecular Hbond substituents is 1. The highest BCUT2D eigenvalue weighted by molar-refractivity contribution is 6.10. The number of hydrogen-bond donors (Lipinski definition) is 3. The molecule has 8 heteroatoms. The number of rotatable bonds is 4. The fourth-order valence-electron chi connectivity index (χ4n) is 1.87. The molecule has 2 aromatic rings. The second kappa shape index (κ2) is 6.96. The molecule has 2 rings (SSSR count). The minimum atomic E-state index is -0.890. The minimum absolute atomic E-state index is 0. The van der Waals surface area contributed by atoms with Crippen LogP contribution in [0.15, 0.2) is 18.2 Å². The molecule has 0 aliphatic rings. The van der Waals surface area contributed by atoms with Gasteiger partial charge in [-0.25, -0.2) is 4.79 Å². The van der Waals surface area contributed by atoms with Crippen molar-refractivity contribution in [2.75, 3.05) is 20.7 Å². The van der Waals surface area contributed by atoms with Crippen molar-refractivity contribution in [3.05, 3.63) is 23.8 Å². The number of benzene rings is 1. The molecule has 0 bridgehead atoms. The fourth-order valence-corrected chi connectivity index (χ4v) is 1.87. The molecule has 0 radical (unpaired) electrons. The Bertz CT molecular complexity index is 668. The van der Waals surface area contributed by atoms with Crippen LogP contribution < -0.4 is 10.1 Å². The number of halogens is 1. The van der Waals surface area contributed by atoms with Crippen molar-refractivity contribution in [2.24, 2.45) is 0 Å². The van der Waals surface area contributed by atoms with E-state index in [0.717, 1.165) is 0 Å². The number of phenols is 1. The molecule has 0 fully saturated rings. The molecule has 0 saturated carbocycles. The van der Waals surface area contributed by atoms with Crippen molar-refractivity contribution in [1.82, 2.24) is 10.3 Å². The standard InChI is InChI=1S/C13H14N2O5.ClH/c1-14-6-10(17)7-3-4-9(16)12-8(7)5-11(15-12)20-13(18)19-2;/h3-5,14-16H,6H2,1-2H3;1H. The van der Waals surface area contributed by atoms with Crippen molar-refractivity contribution in [3.8, 4) is 11.6 Å². The van der Waals surface area contributed by atoms with Crippen molar-refractivity contribution in [3.63, 3.8) is 0 Å². The maximum absolute atomic E-state index is 12.0. The van der Waals surface area contributed by atoms with Gasteiger partial charge in [0.15, 0.2) is 5.78 Å². The van der Waals surface area contributed by atoms with Gasteiger partial charge in [-0.2, -0.15) is 0 Å². The largest absolute Gasteiger partial charge is 0.514 e. The van der Waals surface area contributed by atoms with Crippen LogP contribution in [0.3, 0.4) is 0 Å². The third-order valence-electron chi connectivity index (χ3n) is 2.74. The van der Waals surface area contributed by atoms with Crippen molar-refractivity contribution >= 4 is 35.2 Å². The lowest BCUT2D eigenvalue weighted by Gasteiger charge is -2.03. The number of methoxy groups -OCH3 is 1. The van der Waals surface area contributed by atoms with Gasteiger partial charge in [-0.3, -0.25) is 4.79 Å². The summed E-state index contributed by atoms with van der Waals surface area (Å²) in [6, 6.07) is 4.39. The second-order valence-corrected chi connectivity index (χ2v) is 4.06. The smallest absolute Gasteiger partial charge is 0.506 e. The maximum Gasteiger partial charge on any atom is 0.514 e. The molecule has 114 valence electrons. The summed E-state index contributed by atoms with van der Waals surface area (Å²) in [5.74, 6) is -0.0892. The maximum atomic E-state index is 12.0. The Balaban J connectivity index is 0.00000220. The molecule has 0 saturated heterocycles. The molecule has 1 aromatic heterocycles. The number of aromatic nitrogens is 1. The first-order valence-electron chi connectivity index (χ1n) is 5.85. The predicted octanol–water partition coefficient (Wildman–Crippen LogP) is 1.84. The first-order chi connectivity index (χ1) is 9.56. The van der Waals surface area contributed by atoms with Gasteiger partial charge in [0.1, 0.15) is 5.75 Å². The summed E-state index contributed by atoms with van der Waals surface area (Å²) < 4.78 is 9.22. The number of carbonyl (C=O) groups is 2. The third kappa shape index (κ3) is 3.45. The Labute approximate surface area is 126 Å². The molecule has 1 aromatic carbocycles. The first kappa shape index (κ1) is 16.8. The Morgan fingerprint density at radius 2 is 2.10 bits per heavy atom. The molecule has 1 heterocycles. The summed E-state index contributed by atoms with van der Waals surface area (Å²) in [4.78, 5) is 25.7. The van der Waals surface area contributed by atoms with E-state index in [4.69, 9.17) is 4.74 Å². The number of ketones is 1. The van der Waals surface area contributed by atoms with E-state index in [9.17, 15) is 14.7 Å². The summed E-state index contributed by atoms with van der Waals surface area (Å²) in [6.07, 6.45) is -0.890. The number of nitrogens with one attached hydrogen (secondary N) is 2. The van der Waals surface area contributed by atoms with Gasteiger partial charge < -0.3 is 24.9 Å². The zero-order chi connectivity index (χ0) is 14.7. The zero-order valence-corrected chi connectivity index (χ0v) is 12.2. The Morgan fingerprint density at radius 1 is 1.38 bits per heavy atom. The van der Waals surface area contributed by atoms with Gasteiger partial charge in [-0.05, 0) is 19.2 Å². The molecular formula is C13H15ClN2O5. The van der Waals surface area contributed by atoms with E-state index in [0.29, 0.717) is 16.5 Å². The van der Waals surface area contributed by atoms with Crippen molar-refractivity contribution in [1.29, 1.82) is 0 Å². The van der Waals surface area contributed by atoms with E-state index in [1.54, 1.807) is 7.05 Å². The van der Waals surface area contributed by atoms with Gasteiger partial charge in [-0.15, -0.1) is 12.4 Å². The number of likely N-dealkylation sites (N-methyl/N-ethyl adjacent to an activating group) is 1. The lowest BCUT2D eigenvalue weighted by atomic mass is 10.1. The van der Waals surface area contributed by atoms with Crippen LogP contribution in [-0.2, 0) is 4.74 Å². The molecular weight excluding hydrogens is 300 g/mol. The van der Waals surface area contributed by atoms with Crippen molar-refractivity contribution in [2.45, 2.75) is 0 Å². The van der Waals surface area contributed by atoms with Gasteiger partial charge in [0.2, 0.25) is 5.88 Å².